The lowest BCUT2D eigenvalue weighted by atomic mass is 10.4. The molecule has 0 spiro atoms. The molecule has 4 nitrogen and oxygen atoms in total. The Morgan fingerprint density at radius 1 is 1.36 bits per heavy atom. The van der Waals surface area contributed by atoms with E-state index in [1.54, 1.807) is 23.1 Å². The topological polar surface area (TPSA) is 56.7 Å². The lowest BCUT2D eigenvalue weighted by Gasteiger charge is -1.98. The normalized spacial score (nSPS) is 10.4. The van der Waals surface area contributed by atoms with Gasteiger partial charge in [-0.05, 0) is 12.1 Å². The number of pyridine rings is 1. The molecule has 5 heteroatoms. The highest BCUT2D eigenvalue weighted by Crippen LogP contribution is 2.05. The van der Waals surface area contributed by atoms with Gasteiger partial charge in [0.15, 0.2) is 5.82 Å². The van der Waals surface area contributed by atoms with E-state index in [9.17, 15) is 4.39 Å². The number of hydrogen-bond donors (Lipinski definition) is 1. The Labute approximate surface area is 80.2 Å². The molecule has 0 aliphatic heterocycles. The molecule has 2 aromatic heterocycles. The van der Waals surface area contributed by atoms with Crippen molar-refractivity contribution >= 4 is 0 Å². The fraction of sp³-hybridized carbons (Fsp3) is 0.111. The zero-order valence-electron chi connectivity index (χ0n) is 7.39. The van der Waals surface area contributed by atoms with Crippen molar-refractivity contribution in [2.24, 2.45) is 5.73 Å². The van der Waals surface area contributed by atoms with Crippen LogP contribution in [-0.4, -0.2) is 14.8 Å². The second-order valence-electron chi connectivity index (χ2n) is 2.83. The monoisotopic (exact) mass is 192 g/mol. The van der Waals surface area contributed by atoms with Crippen molar-refractivity contribution in [1.82, 2.24) is 14.8 Å². The first kappa shape index (κ1) is 8.83. The minimum Gasteiger partial charge on any atom is -0.326 e. The first-order chi connectivity index (χ1) is 6.79. The molecule has 0 aromatic carbocycles. The van der Waals surface area contributed by atoms with E-state index in [1.165, 1.54) is 6.07 Å². The second-order valence-corrected chi connectivity index (χ2v) is 2.83. The molecular formula is C9H9FN4. The molecule has 0 aliphatic rings. The van der Waals surface area contributed by atoms with Crippen molar-refractivity contribution in [3.63, 3.8) is 0 Å². The number of nitrogens with zero attached hydrogens (tertiary/aromatic N) is 3. The minimum atomic E-state index is -0.361. The third kappa shape index (κ3) is 1.62. The van der Waals surface area contributed by atoms with E-state index in [1.807, 2.05) is 0 Å². The highest BCUT2D eigenvalue weighted by molar-refractivity contribution is 5.22. The summed E-state index contributed by atoms with van der Waals surface area (Å²) in [4.78, 5) is 3.88. The molecule has 2 N–H and O–H groups in total. The summed E-state index contributed by atoms with van der Waals surface area (Å²) in [7, 11) is 0. The molecule has 0 saturated heterocycles. The third-order valence-electron chi connectivity index (χ3n) is 1.82. The molecule has 0 amide bonds. The van der Waals surface area contributed by atoms with Gasteiger partial charge in [0.1, 0.15) is 5.82 Å². The predicted octanol–water partition coefficient (Wildman–Crippen LogP) is 0.865. The summed E-state index contributed by atoms with van der Waals surface area (Å²) in [6, 6.07) is 2.90. The zero-order chi connectivity index (χ0) is 9.97. The molecule has 2 rings (SSSR count). The molecular weight excluding hydrogens is 183 g/mol. The molecule has 2 heterocycles. The van der Waals surface area contributed by atoms with Crippen molar-refractivity contribution in [2.45, 2.75) is 6.54 Å². The fourth-order valence-corrected chi connectivity index (χ4v) is 1.09. The Balaban J connectivity index is 2.34. The van der Waals surface area contributed by atoms with Gasteiger partial charge in [-0.25, -0.2) is 14.1 Å². The van der Waals surface area contributed by atoms with E-state index in [2.05, 4.69) is 10.1 Å². The van der Waals surface area contributed by atoms with Crippen LogP contribution in [0.1, 0.15) is 5.56 Å². The Morgan fingerprint density at radius 3 is 2.79 bits per heavy atom. The summed E-state index contributed by atoms with van der Waals surface area (Å²) < 4.78 is 14.1. The van der Waals surface area contributed by atoms with E-state index in [4.69, 9.17) is 5.73 Å². The van der Waals surface area contributed by atoms with Gasteiger partial charge in [-0.2, -0.15) is 5.10 Å². The summed E-state index contributed by atoms with van der Waals surface area (Å²) in [6.07, 6.45) is 4.57. The van der Waals surface area contributed by atoms with Gasteiger partial charge in [-0.1, -0.05) is 0 Å². The fourth-order valence-electron chi connectivity index (χ4n) is 1.09. The van der Waals surface area contributed by atoms with Crippen LogP contribution in [0.4, 0.5) is 4.39 Å². The van der Waals surface area contributed by atoms with E-state index in [0.717, 1.165) is 11.8 Å². The Hall–Kier alpha value is -1.75. The van der Waals surface area contributed by atoms with Crippen LogP contribution in [-0.2, 0) is 6.54 Å². The third-order valence-corrected chi connectivity index (χ3v) is 1.82. The summed E-state index contributed by atoms with van der Waals surface area (Å²) in [6.45, 7) is 0.432. The Morgan fingerprint density at radius 2 is 2.21 bits per heavy atom. The largest absolute Gasteiger partial charge is 0.326 e. The average Bonchev–Trinajstić information content (AvgIpc) is 2.67. The number of hydrogen-bond acceptors (Lipinski definition) is 3. The van der Waals surface area contributed by atoms with Crippen LogP contribution in [0.25, 0.3) is 5.82 Å². The van der Waals surface area contributed by atoms with E-state index in [0.29, 0.717) is 12.4 Å². The molecule has 0 unspecified atom stereocenters. The second kappa shape index (κ2) is 3.55. The molecule has 0 aliphatic carbocycles. The minimum absolute atomic E-state index is 0.361. The van der Waals surface area contributed by atoms with E-state index in [-0.39, 0.29) is 5.82 Å². The number of nitrogens with two attached hydrogens (primary N) is 1. The maximum Gasteiger partial charge on any atom is 0.153 e. The molecule has 0 saturated carbocycles. The van der Waals surface area contributed by atoms with Crippen molar-refractivity contribution < 1.29 is 4.39 Å². The number of rotatable bonds is 2. The highest BCUT2D eigenvalue weighted by atomic mass is 19.1. The molecule has 0 radical (unpaired) electrons. The first-order valence-corrected chi connectivity index (χ1v) is 4.15. The van der Waals surface area contributed by atoms with Crippen LogP contribution in [0.15, 0.2) is 30.7 Å². The van der Waals surface area contributed by atoms with Gasteiger partial charge in [0.25, 0.3) is 0 Å². The maximum absolute atomic E-state index is 12.6. The highest BCUT2D eigenvalue weighted by Gasteiger charge is 2.00. The average molecular weight is 192 g/mol. The SMILES string of the molecule is NCc1cnn(-c2ccc(F)cn2)c1. The van der Waals surface area contributed by atoms with Crippen LogP contribution in [0.3, 0.4) is 0 Å². The van der Waals surface area contributed by atoms with E-state index >= 15 is 0 Å². The van der Waals surface area contributed by atoms with Crippen molar-refractivity contribution in [3.05, 3.63) is 42.1 Å². The van der Waals surface area contributed by atoms with Gasteiger partial charge in [0, 0.05) is 18.3 Å². The van der Waals surface area contributed by atoms with Crippen LogP contribution in [0.2, 0.25) is 0 Å². The summed E-state index contributed by atoms with van der Waals surface area (Å²) in [5.41, 5.74) is 6.34. The van der Waals surface area contributed by atoms with Gasteiger partial charge in [-0.3, -0.25) is 0 Å². The zero-order valence-corrected chi connectivity index (χ0v) is 7.39. The molecule has 14 heavy (non-hydrogen) atoms. The van der Waals surface area contributed by atoms with Gasteiger partial charge < -0.3 is 5.73 Å². The maximum atomic E-state index is 12.6. The number of halogens is 1. The predicted molar refractivity (Wildman–Crippen MR) is 49.2 cm³/mol. The van der Waals surface area contributed by atoms with Crippen molar-refractivity contribution in [1.29, 1.82) is 0 Å². The molecule has 72 valence electrons. The molecule has 0 fully saturated rings. The van der Waals surface area contributed by atoms with Crippen LogP contribution >= 0.6 is 0 Å². The van der Waals surface area contributed by atoms with Gasteiger partial charge in [-0.15, -0.1) is 0 Å². The van der Waals surface area contributed by atoms with Gasteiger partial charge in [0.05, 0.1) is 12.4 Å². The Kier molecular flexibility index (Phi) is 2.24. The van der Waals surface area contributed by atoms with Gasteiger partial charge in [0.2, 0.25) is 0 Å². The first-order valence-electron chi connectivity index (χ1n) is 4.15. The lowest BCUT2D eigenvalue weighted by Crippen LogP contribution is -1.98. The van der Waals surface area contributed by atoms with Gasteiger partial charge >= 0.3 is 0 Å². The van der Waals surface area contributed by atoms with Crippen LogP contribution in [0.5, 0.6) is 0 Å². The van der Waals surface area contributed by atoms with Crippen molar-refractivity contribution in [3.8, 4) is 5.82 Å². The van der Waals surface area contributed by atoms with Crippen LogP contribution in [0, 0.1) is 5.82 Å². The van der Waals surface area contributed by atoms with Crippen LogP contribution < -0.4 is 5.73 Å². The smallest absolute Gasteiger partial charge is 0.153 e. The molecule has 2 aromatic rings. The van der Waals surface area contributed by atoms with E-state index < -0.39 is 0 Å². The summed E-state index contributed by atoms with van der Waals surface area (Å²) in [5, 5.41) is 4.04. The number of aromatic nitrogens is 3. The summed E-state index contributed by atoms with van der Waals surface area (Å²) >= 11 is 0. The lowest BCUT2D eigenvalue weighted by molar-refractivity contribution is 0.619. The summed E-state index contributed by atoms with van der Waals surface area (Å²) in [5.74, 6) is 0.214. The van der Waals surface area contributed by atoms with Crippen molar-refractivity contribution in [2.75, 3.05) is 0 Å². The molecule has 0 atom stereocenters. The molecule has 0 bridgehead atoms. The quantitative estimate of drug-likeness (QED) is 0.767. The standard InChI is InChI=1S/C9H9FN4/c10-8-1-2-9(12-5-8)14-6-7(3-11)4-13-14/h1-2,4-6H,3,11H2. The Bertz CT molecular complexity index is 421.